The van der Waals surface area contributed by atoms with E-state index in [1.54, 1.807) is 6.20 Å². The Bertz CT molecular complexity index is 1110. The van der Waals surface area contributed by atoms with E-state index in [1.807, 2.05) is 54.6 Å². The molecule has 28 heavy (non-hydrogen) atoms. The zero-order valence-electron chi connectivity index (χ0n) is 15.7. The summed E-state index contributed by atoms with van der Waals surface area (Å²) in [5.74, 6) is 2.13. The fourth-order valence-electron chi connectivity index (χ4n) is 2.82. The Morgan fingerprint density at radius 1 is 0.821 bits per heavy atom. The maximum atomic E-state index is 6.21. The number of nitrogens with two attached hydrogens (primary N) is 1. The van der Waals surface area contributed by atoms with Crippen molar-refractivity contribution in [1.29, 1.82) is 0 Å². The molecule has 0 saturated heterocycles. The van der Waals surface area contributed by atoms with Crippen LogP contribution in [0.3, 0.4) is 0 Å². The van der Waals surface area contributed by atoms with Crippen LogP contribution in [0.25, 0.3) is 10.9 Å². The van der Waals surface area contributed by atoms with Crippen LogP contribution >= 0.6 is 0 Å². The van der Waals surface area contributed by atoms with Gasteiger partial charge in [-0.3, -0.25) is 4.98 Å². The summed E-state index contributed by atoms with van der Waals surface area (Å²) in [6, 6.07) is 17.4. The van der Waals surface area contributed by atoms with E-state index in [0.29, 0.717) is 17.4 Å². The Labute approximate surface area is 163 Å². The molecule has 2 aromatic carbocycles. The van der Waals surface area contributed by atoms with Gasteiger partial charge in [-0.25, -0.2) is 0 Å². The van der Waals surface area contributed by atoms with Crippen LogP contribution in [0.5, 0.6) is 23.3 Å². The second kappa shape index (κ2) is 7.52. The summed E-state index contributed by atoms with van der Waals surface area (Å²) in [6.45, 7) is 4.29. The number of fused-ring (bicyclic) bond motifs is 1. The normalized spacial score (nSPS) is 11.0. The molecule has 0 aliphatic carbocycles. The minimum Gasteiger partial charge on any atom is -0.437 e. The van der Waals surface area contributed by atoms with Crippen molar-refractivity contribution in [3.05, 3.63) is 72.7 Å². The van der Waals surface area contributed by atoms with Crippen molar-refractivity contribution < 1.29 is 9.47 Å². The number of rotatable bonds is 5. The minimum absolute atomic E-state index is 0.224. The minimum atomic E-state index is 0.224. The highest BCUT2D eigenvalue weighted by atomic mass is 16.5. The summed E-state index contributed by atoms with van der Waals surface area (Å²) < 4.78 is 11.8. The molecule has 0 fully saturated rings. The van der Waals surface area contributed by atoms with Crippen LogP contribution in [-0.2, 0) is 0 Å². The Balaban J connectivity index is 1.61. The van der Waals surface area contributed by atoms with Gasteiger partial charge in [-0.15, -0.1) is 0 Å². The molecule has 2 N–H and O–H groups in total. The van der Waals surface area contributed by atoms with Crippen molar-refractivity contribution in [2.24, 2.45) is 0 Å². The van der Waals surface area contributed by atoms with Gasteiger partial charge in [-0.05, 0) is 35.7 Å². The molecule has 2 heterocycles. The monoisotopic (exact) mass is 372 g/mol. The zero-order chi connectivity index (χ0) is 19.5. The van der Waals surface area contributed by atoms with Crippen LogP contribution in [0.4, 0.5) is 5.69 Å². The van der Waals surface area contributed by atoms with Gasteiger partial charge in [0.15, 0.2) is 11.4 Å². The van der Waals surface area contributed by atoms with Gasteiger partial charge in [0.1, 0.15) is 17.6 Å². The van der Waals surface area contributed by atoms with E-state index >= 15 is 0 Å². The topological polar surface area (TPSA) is 83.2 Å². The summed E-state index contributed by atoms with van der Waals surface area (Å²) in [5, 5.41) is 0.967. The van der Waals surface area contributed by atoms with Gasteiger partial charge in [-0.2, -0.15) is 9.97 Å². The van der Waals surface area contributed by atoms with Crippen molar-refractivity contribution in [1.82, 2.24) is 15.0 Å². The molecule has 0 aliphatic rings. The van der Waals surface area contributed by atoms with E-state index in [4.69, 9.17) is 15.2 Å². The molecule has 0 atom stereocenters. The van der Waals surface area contributed by atoms with E-state index in [9.17, 15) is 0 Å². The van der Waals surface area contributed by atoms with Gasteiger partial charge in [0.2, 0.25) is 11.8 Å². The highest BCUT2D eigenvalue weighted by molar-refractivity contribution is 5.84. The molecular weight excluding hydrogens is 352 g/mol. The second-order valence-electron chi connectivity index (χ2n) is 6.66. The van der Waals surface area contributed by atoms with Crippen LogP contribution < -0.4 is 15.2 Å². The molecule has 2 aromatic heterocycles. The number of benzene rings is 2. The molecule has 0 bridgehead atoms. The third kappa shape index (κ3) is 3.57. The molecule has 4 rings (SSSR count). The molecule has 0 amide bonds. The predicted octanol–water partition coefficient (Wildman–Crippen LogP) is 5.32. The van der Waals surface area contributed by atoms with E-state index in [1.165, 1.54) is 11.9 Å². The first kappa shape index (κ1) is 17.7. The number of aromatic nitrogens is 3. The van der Waals surface area contributed by atoms with E-state index in [0.717, 1.165) is 10.9 Å². The largest absolute Gasteiger partial charge is 0.437 e. The molecular formula is C22H20N4O2. The number of nitrogens with zero attached hydrogens (tertiary/aromatic N) is 3. The average Bonchev–Trinajstić information content (AvgIpc) is 2.71. The first-order valence-electron chi connectivity index (χ1n) is 9.01. The lowest BCUT2D eigenvalue weighted by Gasteiger charge is -2.12. The lowest BCUT2D eigenvalue weighted by atomic mass is 10.0. The number of pyridine rings is 1. The van der Waals surface area contributed by atoms with Crippen LogP contribution in [0.15, 0.2) is 67.1 Å². The molecule has 6 heteroatoms. The van der Waals surface area contributed by atoms with Gasteiger partial charge in [0, 0.05) is 11.6 Å². The summed E-state index contributed by atoms with van der Waals surface area (Å²) >= 11 is 0. The van der Waals surface area contributed by atoms with Crippen molar-refractivity contribution in [3.63, 3.8) is 0 Å². The van der Waals surface area contributed by atoms with Crippen molar-refractivity contribution in [3.8, 4) is 23.3 Å². The number of hydrogen-bond donors (Lipinski definition) is 1. The average molecular weight is 372 g/mol. The summed E-state index contributed by atoms with van der Waals surface area (Å²) in [7, 11) is 0. The molecule has 4 aromatic rings. The number of hydrogen-bond acceptors (Lipinski definition) is 6. The van der Waals surface area contributed by atoms with E-state index in [-0.39, 0.29) is 17.4 Å². The molecule has 0 aliphatic heterocycles. The Morgan fingerprint density at radius 2 is 1.54 bits per heavy atom. The zero-order valence-corrected chi connectivity index (χ0v) is 15.7. The molecule has 0 saturated carbocycles. The molecule has 6 nitrogen and oxygen atoms in total. The van der Waals surface area contributed by atoms with E-state index in [2.05, 4.69) is 28.8 Å². The van der Waals surface area contributed by atoms with Crippen LogP contribution in [0.2, 0.25) is 0 Å². The van der Waals surface area contributed by atoms with Crippen LogP contribution in [0.1, 0.15) is 25.3 Å². The Morgan fingerprint density at radius 3 is 2.29 bits per heavy atom. The van der Waals surface area contributed by atoms with Gasteiger partial charge >= 0.3 is 0 Å². The Hall–Kier alpha value is -3.67. The maximum absolute atomic E-state index is 6.21. The quantitative estimate of drug-likeness (QED) is 0.511. The van der Waals surface area contributed by atoms with Crippen molar-refractivity contribution in [2.45, 2.75) is 19.8 Å². The summed E-state index contributed by atoms with van der Waals surface area (Å²) in [5.41, 5.74) is 8.39. The smallest absolute Gasteiger partial charge is 0.249 e. The summed E-state index contributed by atoms with van der Waals surface area (Å²) in [6.07, 6.45) is 3.08. The SMILES string of the molecule is CC(C)c1ccc(Oc2ncnc(Oc3cccc4cccnc34)c2N)cc1. The summed E-state index contributed by atoms with van der Waals surface area (Å²) in [4.78, 5) is 12.7. The van der Waals surface area contributed by atoms with Gasteiger partial charge in [0.05, 0.1) is 0 Å². The fourth-order valence-corrected chi connectivity index (χ4v) is 2.82. The lowest BCUT2D eigenvalue weighted by molar-refractivity contribution is 0.440. The molecule has 0 radical (unpaired) electrons. The number of ether oxygens (including phenoxy) is 2. The predicted molar refractivity (Wildman–Crippen MR) is 109 cm³/mol. The highest BCUT2D eigenvalue weighted by Gasteiger charge is 2.14. The number of nitrogen functional groups attached to an aromatic ring is 1. The third-order valence-corrected chi connectivity index (χ3v) is 4.37. The van der Waals surface area contributed by atoms with Crippen LogP contribution in [0, 0.1) is 0 Å². The van der Waals surface area contributed by atoms with Gasteiger partial charge < -0.3 is 15.2 Å². The van der Waals surface area contributed by atoms with Gasteiger partial charge in [-0.1, -0.05) is 44.2 Å². The fraction of sp³-hybridized carbons (Fsp3) is 0.136. The molecule has 0 spiro atoms. The third-order valence-electron chi connectivity index (χ3n) is 4.37. The van der Waals surface area contributed by atoms with Crippen LogP contribution in [-0.4, -0.2) is 15.0 Å². The van der Waals surface area contributed by atoms with E-state index < -0.39 is 0 Å². The lowest BCUT2D eigenvalue weighted by Crippen LogP contribution is -2.01. The van der Waals surface area contributed by atoms with Crippen molar-refractivity contribution >= 4 is 16.6 Å². The maximum Gasteiger partial charge on any atom is 0.249 e. The number of para-hydroxylation sites is 1. The van der Waals surface area contributed by atoms with Gasteiger partial charge in [0.25, 0.3) is 0 Å². The molecule has 0 unspecified atom stereocenters. The standard InChI is InChI=1S/C22H20N4O2/c1-14(2)15-8-10-17(11-9-15)27-21-19(23)22(26-13-25-21)28-18-7-3-5-16-6-4-12-24-20(16)18/h3-14H,23H2,1-2H3. The number of anilines is 1. The highest BCUT2D eigenvalue weighted by Crippen LogP contribution is 2.35. The Kier molecular flexibility index (Phi) is 4.76. The first-order valence-corrected chi connectivity index (χ1v) is 9.01. The van der Waals surface area contributed by atoms with Crippen molar-refractivity contribution in [2.75, 3.05) is 5.73 Å². The molecule has 140 valence electrons. The second-order valence-corrected chi connectivity index (χ2v) is 6.66. The first-order chi connectivity index (χ1) is 13.6.